The van der Waals surface area contributed by atoms with Crippen molar-refractivity contribution in [2.24, 2.45) is 0 Å². The van der Waals surface area contributed by atoms with E-state index in [-0.39, 0.29) is 18.5 Å². The molecule has 11 heteroatoms. The number of piperidine rings is 1. The number of sulfonamides is 1. The number of methoxy groups -OCH3 is 1. The van der Waals surface area contributed by atoms with Crippen LogP contribution in [0.4, 0.5) is 5.69 Å². The molecule has 3 heterocycles. The maximum Gasteiger partial charge on any atom is 0.252 e. The quantitative estimate of drug-likeness (QED) is 0.344. The Labute approximate surface area is 236 Å². The lowest BCUT2D eigenvalue weighted by atomic mass is 10.1. The molecule has 2 fully saturated rings. The zero-order valence-corrected chi connectivity index (χ0v) is 24.4. The molecule has 3 aromatic rings. The summed E-state index contributed by atoms with van der Waals surface area (Å²) in [5.74, 6) is 2.80. The number of anilines is 1. The first-order chi connectivity index (χ1) is 18.4. The van der Waals surface area contributed by atoms with Crippen molar-refractivity contribution < 1.29 is 17.9 Å². The van der Waals surface area contributed by atoms with E-state index in [1.54, 1.807) is 47.8 Å². The number of rotatable bonds is 9. The fraction of sp³-hybridized carbons (Fsp3) is 0.370. The Morgan fingerprint density at radius 1 is 1.03 bits per heavy atom. The van der Waals surface area contributed by atoms with Crippen LogP contribution in [-0.2, 0) is 16.6 Å². The van der Waals surface area contributed by atoms with Gasteiger partial charge in [0.2, 0.25) is 0 Å². The van der Waals surface area contributed by atoms with Crippen molar-refractivity contribution in [3.63, 3.8) is 0 Å². The molecule has 1 amide bonds. The molecule has 2 saturated heterocycles. The zero-order chi connectivity index (χ0) is 26.5. The molecule has 0 spiro atoms. The molecule has 0 radical (unpaired) electrons. The van der Waals surface area contributed by atoms with Gasteiger partial charge >= 0.3 is 0 Å². The van der Waals surface area contributed by atoms with Gasteiger partial charge in [-0.15, -0.1) is 34.9 Å². The van der Waals surface area contributed by atoms with E-state index in [0.717, 1.165) is 23.4 Å². The summed E-state index contributed by atoms with van der Waals surface area (Å²) < 4.78 is 34.1. The molecule has 2 N–H and O–H groups in total. The third kappa shape index (κ3) is 6.51. The van der Waals surface area contributed by atoms with Gasteiger partial charge in [0.15, 0.2) is 0 Å². The summed E-state index contributed by atoms with van der Waals surface area (Å²) in [6.45, 7) is 1.22. The van der Waals surface area contributed by atoms with E-state index in [1.807, 2.05) is 23.5 Å². The minimum absolute atomic E-state index is 0.234. The lowest BCUT2D eigenvalue weighted by Gasteiger charge is -2.31. The number of thiophene rings is 1. The maximum atomic E-state index is 13.3. The van der Waals surface area contributed by atoms with E-state index < -0.39 is 10.0 Å². The third-order valence-electron chi connectivity index (χ3n) is 6.62. The molecule has 7 nitrogen and oxygen atoms in total. The molecule has 1 aromatic heterocycles. The average molecular weight is 590 g/mol. The maximum absolute atomic E-state index is 13.3. The van der Waals surface area contributed by atoms with Gasteiger partial charge in [0.05, 0.1) is 18.2 Å². The number of nitrogens with one attached hydrogen (secondary N) is 2. The van der Waals surface area contributed by atoms with E-state index in [1.165, 1.54) is 28.4 Å². The van der Waals surface area contributed by atoms with Gasteiger partial charge in [0.25, 0.3) is 15.9 Å². The fourth-order valence-corrected chi connectivity index (χ4v) is 10.3. The molecule has 0 aliphatic carbocycles. The normalized spacial score (nSPS) is 17.4. The van der Waals surface area contributed by atoms with E-state index >= 15 is 0 Å². The highest BCUT2D eigenvalue weighted by atomic mass is 32.2. The second kappa shape index (κ2) is 12.3. The number of thioether (sulfide) groups is 2. The minimum Gasteiger partial charge on any atom is -0.497 e. The summed E-state index contributed by atoms with van der Waals surface area (Å²) in [6.07, 6.45) is 1.51. The van der Waals surface area contributed by atoms with Crippen molar-refractivity contribution >= 4 is 56.5 Å². The van der Waals surface area contributed by atoms with Crippen LogP contribution < -0.4 is 15.4 Å². The van der Waals surface area contributed by atoms with Gasteiger partial charge in [-0.25, -0.2) is 8.42 Å². The van der Waals surface area contributed by atoms with Crippen molar-refractivity contribution in [2.75, 3.05) is 37.0 Å². The highest BCUT2D eigenvalue weighted by molar-refractivity contribution is 8.19. The van der Waals surface area contributed by atoms with Crippen LogP contribution in [0.5, 0.6) is 5.75 Å². The van der Waals surface area contributed by atoms with Crippen LogP contribution in [0.1, 0.15) is 38.2 Å². The average Bonchev–Trinajstić information content (AvgIpc) is 3.66. The summed E-state index contributed by atoms with van der Waals surface area (Å²) in [5, 5.41) is 6.44. The smallest absolute Gasteiger partial charge is 0.252 e. The number of carbonyl (C=O) groups is 1. The van der Waals surface area contributed by atoms with E-state index in [2.05, 4.69) is 34.9 Å². The molecular formula is C27H31N3O4S4. The van der Waals surface area contributed by atoms with Gasteiger partial charge in [0.1, 0.15) is 9.96 Å². The van der Waals surface area contributed by atoms with Gasteiger partial charge in [0, 0.05) is 46.8 Å². The van der Waals surface area contributed by atoms with Crippen molar-refractivity contribution in [3.05, 3.63) is 76.7 Å². The molecule has 0 atom stereocenters. The number of benzene rings is 2. The van der Waals surface area contributed by atoms with Gasteiger partial charge in [-0.2, -0.15) is 4.31 Å². The second-order valence-corrected chi connectivity index (χ2v) is 15.2. The Bertz CT molecular complexity index is 1350. The monoisotopic (exact) mass is 589 g/mol. The standard InChI is InChI=1S/C27H31N3O4S4/c1-34-23-4-2-3-20(17-23)26(31)28-18-24-9-10-25(37-24)38(32,33)30-13-11-22(12-14-30)29-21-7-5-19(6-8-21)27-35-15-16-36-27/h2-10,17,22,27,29H,11-16,18H2,1H3,(H,28,31). The molecule has 5 rings (SSSR count). The highest BCUT2D eigenvalue weighted by Gasteiger charge is 2.30. The predicted octanol–water partition coefficient (Wildman–Crippen LogP) is 5.43. The van der Waals surface area contributed by atoms with Gasteiger partial charge in [-0.1, -0.05) is 18.2 Å². The fourth-order valence-electron chi connectivity index (χ4n) is 4.52. The molecule has 202 valence electrons. The number of amides is 1. The first-order valence-electron chi connectivity index (χ1n) is 12.5. The number of ether oxygens (including phenoxy) is 1. The van der Waals surface area contributed by atoms with Crippen LogP contribution in [0.3, 0.4) is 0 Å². The first kappa shape index (κ1) is 27.4. The van der Waals surface area contributed by atoms with Crippen LogP contribution >= 0.6 is 34.9 Å². The highest BCUT2D eigenvalue weighted by Crippen LogP contribution is 2.45. The van der Waals surface area contributed by atoms with E-state index in [4.69, 9.17) is 4.74 Å². The van der Waals surface area contributed by atoms with Crippen molar-refractivity contribution in [2.45, 2.75) is 34.2 Å². The molecule has 2 aliphatic rings. The van der Waals surface area contributed by atoms with Crippen LogP contribution in [0.15, 0.2) is 64.9 Å². The number of carbonyl (C=O) groups excluding carboxylic acids is 1. The van der Waals surface area contributed by atoms with E-state index in [0.29, 0.717) is 33.2 Å². The summed E-state index contributed by atoms with van der Waals surface area (Å²) in [7, 11) is -2.01. The molecule has 2 aliphatic heterocycles. The van der Waals surface area contributed by atoms with Crippen molar-refractivity contribution in [1.29, 1.82) is 0 Å². The zero-order valence-electron chi connectivity index (χ0n) is 21.1. The topological polar surface area (TPSA) is 87.7 Å². The Morgan fingerprint density at radius 2 is 1.76 bits per heavy atom. The minimum atomic E-state index is -3.56. The number of hydrogen-bond acceptors (Lipinski definition) is 8. The summed E-state index contributed by atoms with van der Waals surface area (Å²) in [5.41, 5.74) is 2.94. The molecule has 0 unspecified atom stereocenters. The van der Waals surface area contributed by atoms with Crippen LogP contribution in [0.2, 0.25) is 0 Å². The Hall–Kier alpha value is -2.18. The largest absolute Gasteiger partial charge is 0.497 e. The van der Waals surface area contributed by atoms with E-state index in [9.17, 15) is 13.2 Å². The molecule has 0 saturated carbocycles. The summed E-state index contributed by atoms with van der Waals surface area (Å²) >= 11 is 5.21. The molecular weight excluding hydrogens is 559 g/mol. The summed E-state index contributed by atoms with van der Waals surface area (Å²) in [4.78, 5) is 13.3. The predicted molar refractivity (Wildman–Crippen MR) is 158 cm³/mol. The lowest BCUT2D eigenvalue weighted by molar-refractivity contribution is 0.0951. The van der Waals surface area contributed by atoms with Gasteiger partial charge < -0.3 is 15.4 Å². The Balaban J connectivity index is 1.12. The van der Waals surface area contributed by atoms with Gasteiger partial charge in [-0.3, -0.25) is 4.79 Å². The lowest BCUT2D eigenvalue weighted by Crippen LogP contribution is -2.42. The Morgan fingerprint density at radius 3 is 2.47 bits per heavy atom. The number of nitrogens with zero attached hydrogens (tertiary/aromatic N) is 1. The molecule has 2 aromatic carbocycles. The van der Waals surface area contributed by atoms with Crippen molar-refractivity contribution in [1.82, 2.24) is 9.62 Å². The molecule has 38 heavy (non-hydrogen) atoms. The first-order valence-corrected chi connectivity index (χ1v) is 16.9. The van der Waals surface area contributed by atoms with Crippen molar-refractivity contribution in [3.8, 4) is 5.75 Å². The SMILES string of the molecule is COc1cccc(C(=O)NCc2ccc(S(=O)(=O)N3CCC(Nc4ccc(C5SCCS5)cc4)CC3)s2)c1. The Kier molecular flexibility index (Phi) is 8.89. The van der Waals surface area contributed by atoms with Gasteiger partial charge in [-0.05, 0) is 60.9 Å². The number of hydrogen-bond donors (Lipinski definition) is 2. The van der Waals surface area contributed by atoms with Crippen LogP contribution in [0, 0.1) is 0 Å². The van der Waals surface area contributed by atoms with Crippen LogP contribution in [-0.4, -0.2) is 56.4 Å². The molecule has 0 bridgehead atoms. The summed E-state index contributed by atoms with van der Waals surface area (Å²) in [6, 6.07) is 19.2. The third-order valence-corrected chi connectivity index (χ3v) is 13.2. The van der Waals surface area contributed by atoms with Crippen LogP contribution in [0.25, 0.3) is 0 Å². The second-order valence-electron chi connectivity index (χ2n) is 9.15.